The Balaban J connectivity index is 0.000000406. The molecule has 194 valence electrons. The van der Waals surface area contributed by atoms with Gasteiger partial charge in [-0.2, -0.15) is 6.67 Å². The van der Waals surface area contributed by atoms with Crippen LogP contribution in [0.1, 0.15) is 67.3 Å². The van der Waals surface area contributed by atoms with Crippen molar-refractivity contribution in [3.63, 3.8) is 0 Å². The van der Waals surface area contributed by atoms with Gasteiger partial charge in [0.1, 0.15) is 0 Å². The zero-order valence-corrected chi connectivity index (χ0v) is 24.9. The number of halogens is 2. The second-order valence-corrected chi connectivity index (χ2v) is 11.8. The van der Waals surface area contributed by atoms with E-state index in [-0.39, 0.29) is 15.9 Å². The molecule has 0 atom stereocenters. The average Bonchev–Trinajstić information content (AvgIpc) is 3.29. The van der Waals surface area contributed by atoms with Crippen molar-refractivity contribution in [2.75, 3.05) is 22.9 Å². The zero-order valence-electron chi connectivity index (χ0n) is 21.8. The standard InChI is InChI=1S/C24H33N2.C5H5N.2ClH.Pd/c1-16(2)21-9-8-10-22(17(3)4)24(21)26-12-11-25(15-26)23-19(6)13-18(5)14-20(23)7;1-2-4-6-5-3-1;;;/h8-10,13-17H,11-12H2,1-7H3;1-5H;2*1H;/q-1;;;;+2/p-2. The third-order valence-corrected chi connectivity index (χ3v) is 5.98. The number of para-hydroxylation sites is 1. The van der Waals surface area contributed by atoms with Crippen LogP contribution in [-0.4, -0.2) is 18.1 Å². The minimum atomic E-state index is -0.106. The van der Waals surface area contributed by atoms with Crippen LogP contribution in [-0.2, 0) is 15.9 Å². The van der Waals surface area contributed by atoms with Crippen molar-refractivity contribution in [1.82, 2.24) is 4.98 Å². The van der Waals surface area contributed by atoms with Gasteiger partial charge in [-0.25, -0.2) is 0 Å². The molecule has 1 aromatic heterocycles. The van der Waals surface area contributed by atoms with Crippen molar-refractivity contribution in [2.45, 2.75) is 60.3 Å². The molecule has 1 saturated heterocycles. The van der Waals surface area contributed by atoms with Gasteiger partial charge in [0.2, 0.25) is 0 Å². The van der Waals surface area contributed by atoms with Crippen LogP contribution in [0, 0.1) is 27.4 Å². The van der Waals surface area contributed by atoms with Crippen LogP contribution in [0.5, 0.6) is 0 Å². The fourth-order valence-corrected chi connectivity index (χ4v) is 4.62. The molecule has 0 bridgehead atoms. The summed E-state index contributed by atoms with van der Waals surface area (Å²) in [5, 5.41) is 0. The predicted octanol–water partition coefficient (Wildman–Crippen LogP) is 8.76. The molecule has 0 aliphatic carbocycles. The molecule has 2 aromatic carbocycles. The third-order valence-electron chi connectivity index (χ3n) is 5.98. The molecule has 4 rings (SSSR count). The van der Waals surface area contributed by atoms with Crippen LogP contribution < -0.4 is 9.80 Å². The Morgan fingerprint density at radius 1 is 0.771 bits per heavy atom. The number of rotatable bonds is 4. The van der Waals surface area contributed by atoms with Gasteiger partial charge in [0, 0.05) is 36.9 Å². The first-order chi connectivity index (χ1) is 16.7. The van der Waals surface area contributed by atoms with Crippen LogP contribution in [0.4, 0.5) is 11.4 Å². The first-order valence-electron chi connectivity index (χ1n) is 12.0. The molecule has 0 radical (unpaired) electrons. The SMILES string of the molecule is Cc1cc(C)c(N2[CH-]N(c3c(C(C)C)cccc3C(C)C)CC2)c(C)c1.[Cl][Pd][Cl].c1ccncc1. The molecular formula is C29H38Cl2N3Pd-. The van der Waals surface area contributed by atoms with Crippen molar-refractivity contribution in [3.8, 4) is 0 Å². The summed E-state index contributed by atoms with van der Waals surface area (Å²) in [6, 6.07) is 17.1. The zero-order chi connectivity index (χ0) is 26.0. The van der Waals surface area contributed by atoms with Gasteiger partial charge in [-0.05, 0) is 67.0 Å². The van der Waals surface area contributed by atoms with E-state index in [4.69, 9.17) is 19.1 Å². The van der Waals surface area contributed by atoms with E-state index in [0.717, 1.165) is 13.1 Å². The Kier molecular flexibility index (Phi) is 12.6. The van der Waals surface area contributed by atoms with Crippen molar-refractivity contribution in [1.29, 1.82) is 0 Å². The van der Waals surface area contributed by atoms with Crippen LogP contribution in [0.2, 0.25) is 0 Å². The molecule has 3 nitrogen and oxygen atoms in total. The second kappa shape index (κ2) is 14.9. The fourth-order valence-electron chi connectivity index (χ4n) is 4.62. The Hall–Kier alpha value is -1.57. The number of aromatic nitrogens is 1. The Morgan fingerprint density at radius 2 is 1.23 bits per heavy atom. The maximum atomic E-state index is 4.81. The van der Waals surface area contributed by atoms with Crippen LogP contribution in [0.25, 0.3) is 0 Å². The van der Waals surface area contributed by atoms with E-state index >= 15 is 0 Å². The smallest absolute Gasteiger partial charge is 0.0267 e. The van der Waals surface area contributed by atoms with E-state index in [1.54, 1.807) is 12.4 Å². The molecule has 1 fully saturated rings. The topological polar surface area (TPSA) is 19.4 Å². The molecule has 0 spiro atoms. The molecule has 1 aliphatic heterocycles. The molecule has 0 saturated carbocycles. The maximum absolute atomic E-state index is 4.81. The van der Waals surface area contributed by atoms with Crippen LogP contribution >= 0.6 is 19.1 Å². The largest absolute Gasteiger partial charge is 0.265 e. The van der Waals surface area contributed by atoms with Gasteiger partial charge in [0.05, 0.1) is 0 Å². The molecule has 1 aliphatic rings. The summed E-state index contributed by atoms with van der Waals surface area (Å²) in [6.45, 7) is 20.2. The Bertz CT molecular complexity index is 965. The Labute approximate surface area is 229 Å². The quantitative estimate of drug-likeness (QED) is 0.219. The van der Waals surface area contributed by atoms with Crippen molar-refractivity contribution in [3.05, 3.63) is 95.4 Å². The van der Waals surface area contributed by atoms with Crippen molar-refractivity contribution < 1.29 is 15.9 Å². The number of hydrogen-bond acceptors (Lipinski definition) is 3. The maximum Gasteiger partial charge on any atom is 0.0267 e. The van der Waals surface area contributed by atoms with E-state index in [9.17, 15) is 0 Å². The minimum Gasteiger partial charge on any atom is -0.265 e. The number of aryl methyl sites for hydroxylation is 3. The normalized spacial score (nSPS) is 13.0. The molecular weight excluding hydrogens is 568 g/mol. The van der Waals surface area contributed by atoms with Crippen LogP contribution in [0.3, 0.4) is 0 Å². The number of anilines is 2. The van der Waals surface area contributed by atoms with Crippen molar-refractivity contribution >= 4 is 30.4 Å². The summed E-state index contributed by atoms with van der Waals surface area (Å²) in [4.78, 5) is 8.70. The van der Waals surface area contributed by atoms with Gasteiger partial charge >= 0.3 is 35.0 Å². The van der Waals surface area contributed by atoms with Gasteiger partial charge in [-0.15, -0.1) is 0 Å². The molecule has 0 amide bonds. The molecule has 2 heterocycles. The van der Waals surface area contributed by atoms with Gasteiger partial charge in [0.25, 0.3) is 0 Å². The summed E-state index contributed by atoms with van der Waals surface area (Å²) in [6.07, 6.45) is 3.50. The van der Waals surface area contributed by atoms with Crippen LogP contribution in [0.15, 0.2) is 60.9 Å². The minimum absolute atomic E-state index is 0.106. The van der Waals surface area contributed by atoms with Gasteiger partial charge < -0.3 is 9.80 Å². The molecule has 0 unspecified atom stereocenters. The van der Waals surface area contributed by atoms with Gasteiger partial charge in [-0.1, -0.05) is 69.7 Å². The van der Waals surface area contributed by atoms with Crippen molar-refractivity contribution in [2.24, 2.45) is 0 Å². The Morgan fingerprint density at radius 3 is 1.60 bits per heavy atom. The molecule has 6 heteroatoms. The molecule has 0 N–H and O–H groups in total. The summed E-state index contributed by atoms with van der Waals surface area (Å²) in [5.41, 5.74) is 9.75. The fraction of sp³-hybridized carbons (Fsp3) is 0.379. The third kappa shape index (κ3) is 8.50. The van der Waals surface area contributed by atoms with E-state index in [2.05, 4.69) is 100 Å². The van der Waals surface area contributed by atoms with Gasteiger partial charge in [0.15, 0.2) is 0 Å². The van der Waals surface area contributed by atoms with Gasteiger partial charge in [-0.3, -0.25) is 4.98 Å². The first kappa shape index (κ1) is 29.7. The van der Waals surface area contributed by atoms with E-state index in [0.29, 0.717) is 11.8 Å². The number of pyridine rings is 1. The van der Waals surface area contributed by atoms with E-state index < -0.39 is 0 Å². The summed E-state index contributed by atoms with van der Waals surface area (Å²) < 4.78 is 0. The van der Waals surface area contributed by atoms with E-state index in [1.807, 2.05) is 18.2 Å². The summed E-state index contributed by atoms with van der Waals surface area (Å²) in [5.74, 6) is 1.04. The number of hydrogen-bond donors (Lipinski definition) is 0. The number of benzene rings is 2. The molecule has 35 heavy (non-hydrogen) atoms. The molecule has 3 aromatic rings. The van der Waals surface area contributed by atoms with E-state index in [1.165, 1.54) is 39.2 Å². The predicted molar refractivity (Wildman–Crippen MR) is 150 cm³/mol. The first-order valence-corrected chi connectivity index (χ1v) is 16.0. The second-order valence-electron chi connectivity index (χ2n) is 9.41. The summed E-state index contributed by atoms with van der Waals surface area (Å²) in [7, 11) is 9.63. The monoisotopic (exact) mass is 604 g/mol. The summed E-state index contributed by atoms with van der Waals surface area (Å²) >= 11 is -0.106. The average molecular weight is 606 g/mol. The number of nitrogens with zero attached hydrogens (tertiary/aromatic N) is 3.